The summed E-state index contributed by atoms with van der Waals surface area (Å²) in [5, 5.41) is 18.9. The first-order valence-electron chi connectivity index (χ1n) is 5.61. The number of H-pyrrole nitrogens is 1. The van der Waals surface area contributed by atoms with Crippen LogP contribution < -0.4 is 11.2 Å². The molecule has 2 rings (SSSR count). The number of hydrogen-bond donors (Lipinski definition) is 3. The van der Waals surface area contributed by atoms with E-state index in [0.29, 0.717) is 11.3 Å². The van der Waals surface area contributed by atoms with Crippen LogP contribution in [0.4, 0.5) is 0 Å². The van der Waals surface area contributed by atoms with Crippen molar-refractivity contribution in [2.45, 2.75) is 17.4 Å². The predicted molar refractivity (Wildman–Crippen MR) is 77.7 cm³/mol. The first-order valence-corrected chi connectivity index (χ1v) is 7.57. The quantitative estimate of drug-likeness (QED) is 0.709. The average Bonchev–Trinajstić information content (AvgIpc) is 2.74. The highest BCUT2D eigenvalue weighted by atomic mass is 79.9. The van der Waals surface area contributed by atoms with Crippen LogP contribution in [-0.2, 0) is 0 Å². The van der Waals surface area contributed by atoms with E-state index in [9.17, 15) is 14.7 Å². The fourth-order valence-corrected chi connectivity index (χ4v) is 3.58. The third kappa shape index (κ3) is 2.86. The van der Waals surface area contributed by atoms with Gasteiger partial charge in [0.1, 0.15) is 0 Å². The van der Waals surface area contributed by atoms with Gasteiger partial charge in [0, 0.05) is 11.9 Å². The number of nitrogens with zero attached hydrogens (tertiary/aromatic N) is 1. The van der Waals surface area contributed by atoms with Gasteiger partial charge in [-0.25, -0.2) is 4.79 Å². The summed E-state index contributed by atoms with van der Waals surface area (Å²) in [7, 11) is 0. The van der Waals surface area contributed by atoms with E-state index in [2.05, 4.69) is 20.9 Å². The van der Waals surface area contributed by atoms with E-state index in [0.717, 1.165) is 0 Å². The minimum absolute atomic E-state index is 0.144. The largest absolute Gasteiger partial charge is 0.395 e. The number of rotatable bonds is 3. The van der Waals surface area contributed by atoms with Crippen molar-refractivity contribution in [2.75, 3.05) is 12.4 Å². The zero-order valence-corrected chi connectivity index (χ0v) is 12.2. The van der Waals surface area contributed by atoms with Crippen LogP contribution in [-0.4, -0.2) is 43.5 Å². The van der Waals surface area contributed by atoms with Crippen molar-refractivity contribution in [3.8, 4) is 0 Å². The Bertz CT molecular complexity index is 597. The summed E-state index contributed by atoms with van der Waals surface area (Å²) in [5.74, 6) is 0.510. The Morgan fingerprint density at radius 1 is 1.58 bits per heavy atom. The molecular weight excluding hydrogens is 336 g/mol. The third-order valence-corrected chi connectivity index (χ3v) is 4.69. The van der Waals surface area contributed by atoms with Gasteiger partial charge in [-0.15, -0.1) is 0 Å². The second kappa shape index (κ2) is 6.08. The molecule has 1 saturated heterocycles. The molecule has 0 radical (unpaired) electrons. The predicted octanol–water partition coefficient (Wildman–Crippen LogP) is -0.0881. The first kappa shape index (κ1) is 14.6. The van der Waals surface area contributed by atoms with E-state index >= 15 is 0 Å². The summed E-state index contributed by atoms with van der Waals surface area (Å²) in [6.45, 7) is -0.144. The molecule has 0 aliphatic carbocycles. The number of aromatic amines is 1. The van der Waals surface area contributed by atoms with E-state index in [-0.39, 0.29) is 11.9 Å². The Balaban J connectivity index is 2.43. The maximum Gasteiger partial charge on any atom is 0.328 e. The number of nitrogens with one attached hydrogen (secondary N) is 1. The SMILES string of the molecule is O=c1[nH]c(=O)n([C@@H]2CS[C@H](CO)[C@H]2O)cc1/C=C/Br. The van der Waals surface area contributed by atoms with Gasteiger partial charge in [0.2, 0.25) is 0 Å². The fraction of sp³-hybridized carbons (Fsp3) is 0.455. The van der Waals surface area contributed by atoms with Gasteiger partial charge in [-0.05, 0) is 11.1 Å². The molecule has 1 aliphatic heterocycles. The highest BCUT2D eigenvalue weighted by Crippen LogP contribution is 2.33. The summed E-state index contributed by atoms with van der Waals surface area (Å²) >= 11 is 4.48. The number of aliphatic hydroxyl groups excluding tert-OH is 2. The van der Waals surface area contributed by atoms with Crippen LogP contribution in [0.5, 0.6) is 0 Å². The van der Waals surface area contributed by atoms with Crippen LogP contribution >= 0.6 is 27.7 Å². The maximum absolute atomic E-state index is 11.8. The molecule has 8 heteroatoms. The lowest BCUT2D eigenvalue weighted by Gasteiger charge is -2.19. The molecule has 0 spiro atoms. The number of hydrogen-bond acceptors (Lipinski definition) is 5. The molecule has 0 aromatic carbocycles. The molecule has 1 aliphatic rings. The van der Waals surface area contributed by atoms with Gasteiger partial charge >= 0.3 is 5.69 Å². The molecule has 6 nitrogen and oxygen atoms in total. The standard InChI is InChI=1S/C11H13BrN2O4S/c12-2-1-6-3-14(11(18)13-10(6)17)7-5-19-8(4-15)9(7)16/h1-3,7-9,15-16H,4-5H2,(H,13,17,18)/b2-1+/t7-,8-,9+/m1/s1. The van der Waals surface area contributed by atoms with Crippen molar-refractivity contribution in [3.63, 3.8) is 0 Å². The van der Waals surface area contributed by atoms with Crippen LogP contribution in [0.1, 0.15) is 11.6 Å². The third-order valence-electron chi connectivity index (χ3n) is 3.03. The van der Waals surface area contributed by atoms with Crippen LogP contribution in [0.3, 0.4) is 0 Å². The number of aromatic nitrogens is 2. The van der Waals surface area contributed by atoms with Crippen LogP contribution in [0.15, 0.2) is 20.8 Å². The van der Waals surface area contributed by atoms with Gasteiger partial charge in [0.25, 0.3) is 5.56 Å². The molecule has 19 heavy (non-hydrogen) atoms. The van der Waals surface area contributed by atoms with Crippen molar-refractivity contribution in [2.24, 2.45) is 0 Å². The van der Waals surface area contributed by atoms with E-state index in [1.165, 1.54) is 33.6 Å². The van der Waals surface area contributed by atoms with E-state index in [1.54, 1.807) is 0 Å². The molecule has 104 valence electrons. The second-order valence-electron chi connectivity index (χ2n) is 4.16. The molecule has 0 saturated carbocycles. The Labute approximate surface area is 121 Å². The lowest BCUT2D eigenvalue weighted by atomic mass is 10.1. The van der Waals surface area contributed by atoms with Gasteiger partial charge in [0.15, 0.2) is 0 Å². The van der Waals surface area contributed by atoms with Crippen molar-refractivity contribution in [1.82, 2.24) is 9.55 Å². The number of halogens is 1. The summed E-state index contributed by atoms with van der Waals surface area (Å²) in [6.07, 6.45) is 2.12. The minimum Gasteiger partial charge on any atom is -0.395 e. The average molecular weight is 349 g/mol. The van der Waals surface area contributed by atoms with E-state index < -0.39 is 23.4 Å². The molecule has 0 bridgehead atoms. The zero-order chi connectivity index (χ0) is 14.0. The second-order valence-corrected chi connectivity index (χ2v) is 5.96. The lowest BCUT2D eigenvalue weighted by Crippen LogP contribution is -2.39. The summed E-state index contributed by atoms with van der Waals surface area (Å²) in [5.41, 5.74) is -0.711. The lowest BCUT2D eigenvalue weighted by molar-refractivity contribution is 0.106. The van der Waals surface area contributed by atoms with Gasteiger partial charge < -0.3 is 10.2 Å². The molecule has 2 heterocycles. The zero-order valence-electron chi connectivity index (χ0n) is 9.82. The topological polar surface area (TPSA) is 95.3 Å². The Kier molecular flexibility index (Phi) is 4.67. The molecule has 0 unspecified atom stereocenters. The summed E-state index contributed by atoms with van der Waals surface area (Å²) in [4.78, 5) is 27.1. The highest BCUT2D eigenvalue weighted by Gasteiger charge is 2.36. The van der Waals surface area contributed by atoms with E-state index in [1.807, 2.05) is 0 Å². The summed E-state index contributed by atoms with van der Waals surface area (Å²) < 4.78 is 1.32. The number of aliphatic hydroxyl groups is 2. The first-order chi connectivity index (χ1) is 9.08. The molecule has 1 aromatic heterocycles. The fourth-order valence-electron chi connectivity index (χ4n) is 2.01. The van der Waals surface area contributed by atoms with Gasteiger partial charge in [-0.2, -0.15) is 11.8 Å². The summed E-state index contributed by atoms with van der Waals surface area (Å²) in [6, 6.07) is -0.450. The molecule has 3 atom stereocenters. The smallest absolute Gasteiger partial charge is 0.328 e. The van der Waals surface area contributed by atoms with Crippen molar-refractivity contribution in [3.05, 3.63) is 37.6 Å². The molecule has 1 fully saturated rings. The molecular formula is C11H13BrN2O4S. The van der Waals surface area contributed by atoms with Crippen LogP contribution in [0.25, 0.3) is 6.08 Å². The van der Waals surface area contributed by atoms with Crippen LogP contribution in [0, 0.1) is 0 Å². The Morgan fingerprint density at radius 2 is 2.32 bits per heavy atom. The van der Waals surface area contributed by atoms with Gasteiger partial charge in [0.05, 0.1) is 29.6 Å². The normalized spacial score (nSPS) is 27.2. The monoisotopic (exact) mass is 348 g/mol. The number of thioether (sulfide) groups is 1. The molecule has 1 aromatic rings. The van der Waals surface area contributed by atoms with Gasteiger partial charge in [-0.1, -0.05) is 15.9 Å². The molecule has 0 amide bonds. The highest BCUT2D eigenvalue weighted by molar-refractivity contribution is 9.11. The van der Waals surface area contributed by atoms with Crippen molar-refractivity contribution < 1.29 is 10.2 Å². The Hall–Kier alpha value is -0.830. The molecule has 3 N–H and O–H groups in total. The van der Waals surface area contributed by atoms with E-state index in [4.69, 9.17) is 5.11 Å². The van der Waals surface area contributed by atoms with Crippen molar-refractivity contribution in [1.29, 1.82) is 0 Å². The maximum atomic E-state index is 11.8. The van der Waals surface area contributed by atoms with Gasteiger partial charge in [-0.3, -0.25) is 14.3 Å². The van der Waals surface area contributed by atoms with Crippen molar-refractivity contribution >= 4 is 33.8 Å². The minimum atomic E-state index is -0.820. The Morgan fingerprint density at radius 3 is 2.89 bits per heavy atom. The van der Waals surface area contributed by atoms with Crippen LogP contribution in [0.2, 0.25) is 0 Å².